The first-order chi connectivity index (χ1) is 11.6. The summed E-state index contributed by atoms with van der Waals surface area (Å²) < 4.78 is 5.06. The Morgan fingerprint density at radius 2 is 1.96 bits per heavy atom. The molecular formula is C17H26N4O3. The van der Waals surface area contributed by atoms with Gasteiger partial charge >= 0.3 is 0 Å². The zero-order chi connectivity index (χ0) is 17.4. The van der Waals surface area contributed by atoms with Crippen molar-refractivity contribution in [1.82, 2.24) is 19.8 Å². The van der Waals surface area contributed by atoms with Crippen LogP contribution in [0.5, 0.6) is 0 Å². The predicted octanol–water partition coefficient (Wildman–Crippen LogP) is 1.28. The van der Waals surface area contributed by atoms with E-state index in [1.165, 1.54) is 6.20 Å². The van der Waals surface area contributed by atoms with Crippen molar-refractivity contribution in [3.05, 3.63) is 23.8 Å². The van der Waals surface area contributed by atoms with Crippen molar-refractivity contribution < 1.29 is 14.3 Å². The molecule has 0 atom stereocenters. The van der Waals surface area contributed by atoms with Crippen LogP contribution >= 0.6 is 0 Å². The molecule has 0 saturated carbocycles. The Kier molecular flexibility index (Phi) is 7.11. The number of aryl methyl sites for hydroxylation is 1. The van der Waals surface area contributed by atoms with Crippen molar-refractivity contribution in [2.24, 2.45) is 0 Å². The van der Waals surface area contributed by atoms with E-state index in [9.17, 15) is 9.59 Å². The molecule has 24 heavy (non-hydrogen) atoms. The maximum Gasteiger partial charge on any atom is 0.274 e. The van der Waals surface area contributed by atoms with Gasteiger partial charge in [-0.1, -0.05) is 0 Å². The van der Waals surface area contributed by atoms with E-state index in [2.05, 4.69) is 9.97 Å². The van der Waals surface area contributed by atoms with Crippen molar-refractivity contribution in [3.8, 4) is 0 Å². The Morgan fingerprint density at radius 1 is 1.21 bits per heavy atom. The van der Waals surface area contributed by atoms with Crippen molar-refractivity contribution in [1.29, 1.82) is 0 Å². The lowest BCUT2D eigenvalue weighted by atomic mass is 10.2. The Balaban J connectivity index is 1.96. The summed E-state index contributed by atoms with van der Waals surface area (Å²) in [6.45, 7) is 5.00. The number of carbonyl (C=O) groups excluding carboxylic acids is 2. The number of nitrogens with zero attached hydrogens (tertiary/aromatic N) is 4. The Bertz CT molecular complexity index is 541. The van der Waals surface area contributed by atoms with Crippen LogP contribution in [-0.4, -0.2) is 71.5 Å². The highest BCUT2D eigenvalue weighted by molar-refractivity contribution is 5.92. The highest BCUT2D eigenvalue weighted by Gasteiger charge is 2.21. The number of amides is 2. The van der Waals surface area contributed by atoms with Crippen LogP contribution in [0.25, 0.3) is 0 Å². The summed E-state index contributed by atoms with van der Waals surface area (Å²) in [7, 11) is 1.63. The highest BCUT2D eigenvalue weighted by atomic mass is 16.5. The molecule has 1 aromatic rings. The quantitative estimate of drug-likeness (QED) is 0.669. The van der Waals surface area contributed by atoms with Gasteiger partial charge in [0.1, 0.15) is 5.69 Å². The molecule has 0 bridgehead atoms. The highest BCUT2D eigenvalue weighted by Crippen LogP contribution is 2.10. The molecule has 132 valence electrons. The summed E-state index contributed by atoms with van der Waals surface area (Å²) in [6, 6.07) is 0. The third-order valence-corrected chi connectivity index (χ3v) is 4.12. The second kappa shape index (κ2) is 9.32. The number of ether oxygens (including phenoxy) is 1. The minimum Gasteiger partial charge on any atom is -0.385 e. The van der Waals surface area contributed by atoms with Crippen LogP contribution in [-0.2, 0) is 9.53 Å². The summed E-state index contributed by atoms with van der Waals surface area (Å²) in [5, 5.41) is 0. The maximum absolute atomic E-state index is 12.6. The van der Waals surface area contributed by atoms with Crippen molar-refractivity contribution in [2.75, 3.05) is 39.9 Å². The van der Waals surface area contributed by atoms with Crippen LogP contribution in [0.15, 0.2) is 12.4 Å². The molecular weight excluding hydrogens is 308 g/mol. The molecule has 0 N–H and O–H groups in total. The fourth-order valence-electron chi connectivity index (χ4n) is 2.73. The lowest BCUT2D eigenvalue weighted by molar-refractivity contribution is -0.130. The molecule has 1 fully saturated rings. The summed E-state index contributed by atoms with van der Waals surface area (Å²) in [5.74, 6) is -0.0696. The monoisotopic (exact) mass is 334 g/mol. The maximum atomic E-state index is 12.6. The van der Waals surface area contributed by atoms with Crippen molar-refractivity contribution in [2.45, 2.75) is 32.6 Å². The average Bonchev–Trinajstić information content (AvgIpc) is 3.12. The first-order valence-electron chi connectivity index (χ1n) is 8.46. The minimum atomic E-state index is -0.187. The van der Waals surface area contributed by atoms with Crippen LogP contribution in [0.3, 0.4) is 0 Å². The third kappa shape index (κ3) is 5.26. The molecule has 2 rings (SSSR count). The number of hydrogen-bond donors (Lipinski definition) is 0. The van der Waals surface area contributed by atoms with E-state index in [0.717, 1.165) is 38.0 Å². The van der Waals surface area contributed by atoms with Gasteiger partial charge in [-0.25, -0.2) is 4.98 Å². The van der Waals surface area contributed by atoms with E-state index >= 15 is 0 Å². The molecule has 2 amide bonds. The van der Waals surface area contributed by atoms with Gasteiger partial charge < -0.3 is 14.5 Å². The number of rotatable bonds is 8. The smallest absolute Gasteiger partial charge is 0.274 e. The topological polar surface area (TPSA) is 75.6 Å². The van der Waals surface area contributed by atoms with Gasteiger partial charge in [-0.05, 0) is 26.2 Å². The standard InChI is InChI=1S/C17H26N4O3/c1-14-12-19-15(13-18-14)17(23)21(9-5-11-24-2)10-6-16(22)20-7-3-4-8-20/h12-13H,3-11H2,1-2H3. The van der Waals surface area contributed by atoms with Crippen LogP contribution in [0.4, 0.5) is 0 Å². The van der Waals surface area contributed by atoms with E-state index in [4.69, 9.17) is 4.74 Å². The molecule has 1 aliphatic heterocycles. The normalized spacial score (nSPS) is 14.0. The first-order valence-corrected chi connectivity index (χ1v) is 8.46. The van der Waals surface area contributed by atoms with Crippen LogP contribution < -0.4 is 0 Å². The van der Waals surface area contributed by atoms with Gasteiger partial charge in [-0.3, -0.25) is 14.6 Å². The number of hydrogen-bond acceptors (Lipinski definition) is 5. The van der Waals surface area contributed by atoms with E-state index in [1.807, 2.05) is 11.8 Å². The van der Waals surface area contributed by atoms with E-state index in [-0.39, 0.29) is 11.8 Å². The Morgan fingerprint density at radius 3 is 2.58 bits per heavy atom. The van der Waals surface area contributed by atoms with E-state index in [1.54, 1.807) is 18.2 Å². The molecule has 1 aliphatic rings. The van der Waals surface area contributed by atoms with Gasteiger partial charge in [0.2, 0.25) is 5.91 Å². The first kappa shape index (κ1) is 18.3. The van der Waals surface area contributed by atoms with Crippen LogP contribution in [0.1, 0.15) is 41.9 Å². The average molecular weight is 334 g/mol. The number of likely N-dealkylation sites (tertiary alicyclic amines) is 1. The molecule has 0 spiro atoms. The molecule has 1 saturated heterocycles. The lowest BCUT2D eigenvalue weighted by Crippen LogP contribution is -2.37. The van der Waals surface area contributed by atoms with Gasteiger partial charge in [0.15, 0.2) is 0 Å². The second-order valence-electron chi connectivity index (χ2n) is 6.02. The molecule has 0 aromatic carbocycles. The van der Waals surface area contributed by atoms with Gasteiger partial charge in [0.25, 0.3) is 5.91 Å². The van der Waals surface area contributed by atoms with Crippen LogP contribution in [0, 0.1) is 6.92 Å². The van der Waals surface area contributed by atoms with Crippen molar-refractivity contribution >= 4 is 11.8 Å². The summed E-state index contributed by atoms with van der Waals surface area (Å²) in [6.07, 6.45) is 6.28. The Hall–Kier alpha value is -2.02. The Labute approximate surface area is 143 Å². The van der Waals surface area contributed by atoms with Gasteiger partial charge in [-0.2, -0.15) is 0 Å². The molecule has 0 radical (unpaired) electrons. The molecule has 1 aromatic heterocycles. The SMILES string of the molecule is COCCCN(CCC(=O)N1CCCC1)C(=O)c1cnc(C)cn1. The molecule has 7 nitrogen and oxygen atoms in total. The summed E-state index contributed by atoms with van der Waals surface area (Å²) in [5.41, 5.74) is 1.08. The molecule has 0 aliphatic carbocycles. The van der Waals surface area contributed by atoms with Crippen molar-refractivity contribution in [3.63, 3.8) is 0 Å². The number of carbonyl (C=O) groups is 2. The fraction of sp³-hybridized carbons (Fsp3) is 0.647. The molecule has 7 heteroatoms. The van der Waals surface area contributed by atoms with Gasteiger partial charge in [0.05, 0.1) is 11.9 Å². The largest absolute Gasteiger partial charge is 0.385 e. The van der Waals surface area contributed by atoms with Gasteiger partial charge in [-0.15, -0.1) is 0 Å². The zero-order valence-electron chi connectivity index (χ0n) is 14.5. The lowest BCUT2D eigenvalue weighted by Gasteiger charge is -2.23. The fourth-order valence-corrected chi connectivity index (χ4v) is 2.73. The third-order valence-electron chi connectivity index (χ3n) is 4.12. The van der Waals surface area contributed by atoms with E-state index in [0.29, 0.717) is 31.8 Å². The number of aromatic nitrogens is 2. The van der Waals surface area contributed by atoms with Gasteiger partial charge in [0, 0.05) is 52.5 Å². The summed E-state index contributed by atoms with van der Waals surface area (Å²) >= 11 is 0. The van der Waals surface area contributed by atoms with Crippen LogP contribution in [0.2, 0.25) is 0 Å². The summed E-state index contributed by atoms with van der Waals surface area (Å²) in [4.78, 5) is 36.7. The second-order valence-corrected chi connectivity index (χ2v) is 6.02. The van der Waals surface area contributed by atoms with E-state index < -0.39 is 0 Å². The predicted molar refractivity (Wildman–Crippen MR) is 89.6 cm³/mol. The number of methoxy groups -OCH3 is 1. The minimum absolute atomic E-state index is 0.118. The molecule has 2 heterocycles. The zero-order valence-corrected chi connectivity index (χ0v) is 14.5. The molecule has 0 unspecified atom stereocenters.